The topological polar surface area (TPSA) is 21.3 Å². The molecule has 1 aliphatic rings. The molecule has 1 atom stereocenters. The fourth-order valence-corrected chi connectivity index (χ4v) is 3.62. The van der Waals surface area contributed by atoms with Crippen LogP contribution in [0.2, 0.25) is 0 Å². The van der Waals surface area contributed by atoms with Crippen molar-refractivity contribution < 1.29 is 4.74 Å². The van der Waals surface area contributed by atoms with E-state index in [0.717, 1.165) is 36.4 Å². The Labute approximate surface area is 167 Å². The third kappa shape index (κ3) is 4.28. The van der Waals surface area contributed by atoms with Crippen LogP contribution in [0.3, 0.4) is 0 Å². The van der Waals surface area contributed by atoms with Gasteiger partial charge in [0.2, 0.25) is 0 Å². The summed E-state index contributed by atoms with van der Waals surface area (Å²) in [6, 6.07) is 25.4. The Morgan fingerprint density at radius 3 is 2.29 bits per heavy atom. The van der Waals surface area contributed by atoms with Gasteiger partial charge in [-0.15, -0.1) is 0 Å². The average molecular weight is 370 g/mol. The number of anilines is 1. The van der Waals surface area contributed by atoms with Crippen LogP contribution in [0.1, 0.15) is 35.6 Å². The maximum absolute atomic E-state index is 6.43. The van der Waals surface area contributed by atoms with Gasteiger partial charge < -0.3 is 10.1 Å². The van der Waals surface area contributed by atoms with Crippen LogP contribution in [0.4, 0.5) is 5.69 Å². The second kappa shape index (κ2) is 7.93. The number of fused-ring (bicyclic) bond motifs is 1. The van der Waals surface area contributed by atoms with Crippen molar-refractivity contribution in [1.29, 1.82) is 0 Å². The molecule has 1 unspecified atom stereocenters. The molecular weight excluding hydrogens is 342 g/mol. The lowest BCUT2D eigenvalue weighted by Crippen LogP contribution is -2.32. The molecule has 1 aliphatic heterocycles. The van der Waals surface area contributed by atoms with E-state index in [1.807, 2.05) is 6.07 Å². The number of hydrogen-bond acceptors (Lipinski definition) is 2. The van der Waals surface area contributed by atoms with Gasteiger partial charge in [-0.2, -0.15) is 0 Å². The van der Waals surface area contributed by atoms with E-state index in [4.69, 9.17) is 4.74 Å². The molecule has 28 heavy (non-hydrogen) atoms. The zero-order valence-corrected chi connectivity index (χ0v) is 16.6. The van der Waals surface area contributed by atoms with Crippen molar-refractivity contribution in [2.24, 2.45) is 0 Å². The van der Waals surface area contributed by atoms with E-state index in [2.05, 4.69) is 98.0 Å². The van der Waals surface area contributed by atoms with Gasteiger partial charge in [-0.3, -0.25) is 0 Å². The Balaban J connectivity index is 1.46. The Kier molecular flexibility index (Phi) is 5.21. The predicted octanol–water partition coefficient (Wildman–Crippen LogP) is 6.40. The van der Waals surface area contributed by atoms with Crippen molar-refractivity contribution in [1.82, 2.24) is 0 Å². The quantitative estimate of drug-likeness (QED) is 0.542. The molecule has 4 rings (SSSR count). The molecule has 0 aromatic heterocycles. The fraction of sp³-hybridized carbons (Fsp3) is 0.231. The van der Waals surface area contributed by atoms with E-state index >= 15 is 0 Å². The van der Waals surface area contributed by atoms with Crippen molar-refractivity contribution >= 4 is 11.8 Å². The second-order valence-corrected chi connectivity index (χ2v) is 7.78. The van der Waals surface area contributed by atoms with Gasteiger partial charge in [-0.05, 0) is 61.6 Å². The van der Waals surface area contributed by atoms with Crippen LogP contribution in [-0.4, -0.2) is 5.60 Å². The average Bonchev–Trinajstić information content (AvgIpc) is 2.72. The molecule has 1 N–H and O–H groups in total. The summed E-state index contributed by atoms with van der Waals surface area (Å²) in [7, 11) is 0. The van der Waals surface area contributed by atoms with Gasteiger partial charge in [0, 0.05) is 17.8 Å². The molecule has 3 aromatic rings. The van der Waals surface area contributed by atoms with Crippen molar-refractivity contribution in [2.75, 3.05) is 5.32 Å². The van der Waals surface area contributed by atoms with Crippen LogP contribution in [-0.2, 0) is 13.0 Å². The molecule has 3 aromatic carbocycles. The van der Waals surface area contributed by atoms with E-state index in [1.54, 1.807) is 0 Å². The van der Waals surface area contributed by atoms with Crippen molar-refractivity contribution in [3.63, 3.8) is 0 Å². The van der Waals surface area contributed by atoms with Gasteiger partial charge in [-0.1, -0.05) is 66.7 Å². The maximum atomic E-state index is 6.43. The lowest BCUT2D eigenvalue weighted by Gasteiger charge is -2.32. The first-order valence-corrected chi connectivity index (χ1v) is 9.96. The number of benzene rings is 3. The molecular formula is C26H27NO. The number of aryl methyl sites for hydroxylation is 2. The first-order valence-electron chi connectivity index (χ1n) is 9.96. The number of rotatable bonds is 6. The molecule has 0 fully saturated rings. The lowest BCUT2D eigenvalue weighted by atomic mass is 9.92. The number of ether oxygens (including phenoxy) is 1. The highest BCUT2D eigenvalue weighted by Crippen LogP contribution is 2.36. The second-order valence-electron chi connectivity index (χ2n) is 7.78. The van der Waals surface area contributed by atoms with Gasteiger partial charge in [0.15, 0.2) is 0 Å². The van der Waals surface area contributed by atoms with E-state index in [1.165, 1.54) is 16.7 Å². The van der Waals surface area contributed by atoms with Crippen LogP contribution >= 0.6 is 0 Å². The molecule has 0 radical (unpaired) electrons. The summed E-state index contributed by atoms with van der Waals surface area (Å²) in [6.45, 7) is 5.13. The molecule has 2 heteroatoms. The highest BCUT2D eigenvalue weighted by Gasteiger charge is 2.27. The van der Waals surface area contributed by atoms with Crippen molar-refractivity contribution in [3.8, 4) is 5.75 Å². The van der Waals surface area contributed by atoms with Crippen LogP contribution in [0, 0.1) is 6.92 Å². The van der Waals surface area contributed by atoms with E-state index in [-0.39, 0.29) is 5.60 Å². The summed E-state index contributed by atoms with van der Waals surface area (Å²) < 4.78 is 6.43. The summed E-state index contributed by atoms with van der Waals surface area (Å²) in [6.07, 6.45) is 6.37. The van der Waals surface area contributed by atoms with Crippen LogP contribution in [0.25, 0.3) is 6.08 Å². The van der Waals surface area contributed by atoms with Crippen molar-refractivity contribution in [3.05, 3.63) is 101 Å². The van der Waals surface area contributed by atoms with Gasteiger partial charge >= 0.3 is 0 Å². The summed E-state index contributed by atoms with van der Waals surface area (Å²) in [5, 5.41) is 3.56. The Hall–Kier alpha value is -3.00. The monoisotopic (exact) mass is 369 g/mol. The summed E-state index contributed by atoms with van der Waals surface area (Å²) in [4.78, 5) is 0. The van der Waals surface area contributed by atoms with Gasteiger partial charge in [0.1, 0.15) is 11.4 Å². The third-order valence-electron chi connectivity index (χ3n) is 5.39. The fourth-order valence-electron chi connectivity index (χ4n) is 3.62. The minimum absolute atomic E-state index is 0.270. The SMILES string of the molecule is Cc1cc2c(cc1NCc1ccccc1)C=CC(C)(CCc1ccccc1)O2. The first kappa shape index (κ1) is 18.4. The van der Waals surface area contributed by atoms with E-state index in [9.17, 15) is 0 Å². The molecule has 0 saturated heterocycles. The summed E-state index contributed by atoms with van der Waals surface area (Å²) in [5.74, 6) is 0.973. The standard InChI is InChI=1S/C26H27NO/c1-20-17-25-23(18-24(20)27-19-22-11-7-4-8-12-22)14-16-26(2,28-25)15-13-21-9-5-3-6-10-21/h3-12,14,16-18,27H,13,15,19H2,1-2H3. The molecule has 0 amide bonds. The highest BCUT2D eigenvalue weighted by atomic mass is 16.5. The van der Waals surface area contributed by atoms with Crippen LogP contribution in [0.5, 0.6) is 5.75 Å². The molecule has 0 saturated carbocycles. The molecule has 2 nitrogen and oxygen atoms in total. The third-order valence-corrected chi connectivity index (χ3v) is 5.39. The molecule has 0 aliphatic carbocycles. The first-order chi connectivity index (χ1) is 13.6. The lowest BCUT2D eigenvalue weighted by molar-refractivity contribution is 0.128. The highest BCUT2D eigenvalue weighted by molar-refractivity contribution is 5.69. The maximum Gasteiger partial charge on any atom is 0.128 e. The van der Waals surface area contributed by atoms with Crippen molar-refractivity contribution in [2.45, 2.75) is 38.8 Å². The summed E-state index contributed by atoms with van der Waals surface area (Å²) in [5.41, 5.74) is 5.86. The molecule has 1 heterocycles. The van der Waals surface area contributed by atoms with E-state index in [0.29, 0.717) is 0 Å². The molecule has 142 valence electrons. The largest absolute Gasteiger partial charge is 0.483 e. The van der Waals surface area contributed by atoms with Crippen LogP contribution in [0.15, 0.2) is 78.9 Å². The van der Waals surface area contributed by atoms with Gasteiger partial charge in [-0.25, -0.2) is 0 Å². The van der Waals surface area contributed by atoms with Crippen LogP contribution < -0.4 is 10.1 Å². The normalized spacial score (nSPS) is 17.6. The number of nitrogens with one attached hydrogen (secondary N) is 1. The Morgan fingerprint density at radius 2 is 1.57 bits per heavy atom. The van der Waals surface area contributed by atoms with Gasteiger partial charge in [0.05, 0.1) is 0 Å². The zero-order chi connectivity index (χ0) is 19.4. The zero-order valence-electron chi connectivity index (χ0n) is 16.6. The number of hydrogen-bond donors (Lipinski definition) is 1. The smallest absolute Gasteiger partial charge is 0.128 e. The summed E-state index contributed by atoms with van der Waals surface area (Å²) >= 11 is 0. The Bertz CT molecular complexity index is 962. The van der Waals surface area contributed by atoms with E-state index < -0.39 is 0 Å². The predicted molar refractivity (Wildman–Crippen MR) is 118 cm³/mol. The van der Waals surface area contributed by atoms with Gasteiger partial charge in [0.25, 0.3) is 0 Å². The minimum Gasteiger partial charge on any atom is -0.483 e. The molecule has 0 bridgehead atoms. The molecule has 0 spiro atoms. The Morgan fingerprint density at radius 1 is 0.893 bits per heavy atom. The minimum atomic E-state index is -0.270.